The van der Waals surface area contributed by atoms with Crippen molar-refractivity contribution in [2.45, 2.75) is 4.34 Å². The highest BCUT2D eigenvalue weighted by Crippen LogP contribution is 2.26. The summed E-state index contributed by atoms with van der Waals surface area (Å²) in [4.78, 5) is 16.3. The molecular weight excluding hydrogens is 380 g/mol. The number of aromatic nitrogens is 2. The fourth-order valence-corrected chi connectivity index (χ4v) is 3.45. The van der Waals surface area contributed by atoms with Crippen LogP contribution in [0.4, 0.5) is 14.5 Å². The van der Waals surface area contributed by atoms with Gasteiger partial charge in [0, 0.05) is 11.6 Å². The monoisotopic (exact) mass is 393 g/mol. The van der Waals surface area contributed by atoms with Crippen LogP contribution >= 0.6 is 23.3 Å². The van der Waals surface area contributed by atoms with E-state index in [1.807, 2.05) is 24.3 Å². The minimum Gasteiger partial charge on any atom is -0.497 e. The predicted octanol–water partition coefficient (Wildman–Crippen LogP) is 4.22. The molecule has 0 aliphatic heterocycles. The summed E-state index contributed by atoms with van der Waals surface area (Å²) in [6.45, 7) is 0. The molecule has 0 bridgehead atoms. The number of methoxy groups -OCH3 is 1. The molecule has 1 heterocycles. The van der Waals surface area contributed by atoms with Crippen molar-refractivity contribution in [2.75, 3.05) is 18.2 Å². The minimum atomic E-state index is -0.818. The first-order chi connectivity index (χ1) is 12.5. The fraction of sp³-hybridized carbons (Fsp3) is 0.118. The zero-order valence-electron chi connectivity index (χ0n) is 13.5. The SMILES string of the molecule is COc1ccc(-c2nsc(SCC(=O)Nc3ccc(F)cc3F)n2)cc1. The van der Waals surface area contributed by atoms with Crippen LogP contribution in [0.3, 0.4) is 0 Å². The molecule has 0 fully saturated rings. The lowest BCUT2D eigenvalue weighted by molar-refractivity contribution is -0.113. The number of hydrogen-bond acceptors (Lipinski definition) is 6. The van der Waals surface area contributed by atoms with Crippen molar-refractivity contribution in [3.05, 3.63) is 54.1 Å². The Balaban J connectivity index is 1.58. The molecule has 3 aromatic rings. The lowest BCUT2D eigenvalue weighted by Crippen LogP contribution is -2.15. The third-order valence-electron chi connectivity index (χ3n) is 3.29. The number of carbonyl (C=O) groups is 1. The third kappa shape index (κ3) is 4.55. The second-order valence-corrected chi connectivity index (χ2v) is 7.05. The summed E-state index contributed by atoms with van der Waals surface area (Å²) in [5.41, 5.74) is 0.778. The first-order valence-electron chi connectivity index (χ1n) is 7.41. The predicted molar refractivity (Wildman–Crippen MR) is 97.6 cm³/mol. The second-order valence-electron chi connectivity index (χ2n) is 5.07. The van der Waals surface area contributed by atoms with Crippen molar-refractivity contribution < 1.29 is 18.3 Å². The molecule has 5 nitrogen and oxygen atoms in total. The Morgan fingerprint density at radius 1 is 1.23 bits per heavy atom. The molecule has 3 rings (SSSR count). The number of halogens is 2. The normalized spacial score (nSPS) is 10.6. The number of rotatable bonds is 6. The highest BCUT2D eigenvalue weighted by Gasteiger charge is 2.12. The Hall–Kier alpha value is -2.52. The standard InChI is InChI=1S/C17H13F2N3O2S2/c1-24-12-5-2-10(3-6-12)16-21-17(26-22-16)25-9-15(23)20-14-7-4-11(18)8-13(14)19/h2-8H,9H2,1H3,(H,20,23). The third-order valence-corrected chi connectivity index (χ3v) is 5.12. The molecule has 0 aliphatic carbocycles. The molecule has 1 amide bonds. The quantitative estimate of drug-likeness (QED) is 0.635. The minimum absolute atomic E-state index is 0.0358. The van der Waals surface area contributed by atoms with Gasteiger partial charge in [-0.05, 0) is 47.9 Å². The zero-order valence-corrected chi connectivity index (χ0v) is 15.2. The number of hydrogen-bond donors (Lipinski definition) is 1. The van der Waals surface area contributed by atoms with E-state index in [-0.39, 0.29) is 11.4 Å². The van der Waals surface area contributed by atoms with Crippen molar-refractivity contribution in [3.8, 4) is 17.1 Å². The summed E-state index contributed by atoms with van der Waals surface area (Å²) >= 11 is 2.37. The summed E-state index contributed by atoms with van der Waals surface area (Å²) in [5.74, 6) is -0.598. The van der Waals surface area contributed by atoms with Gasteiger partial charge in [0.2, 0.25) is 5.91 Å². The number of amides is 1. The lowest BCUT2D eigenvalue weighted by Gasteiger charge is -2.05. The Kier molecular flexibility index (Phi) is 5.79. The van der Waals surface area contributed by atoms with E-state index < -0.39 is 17.5 Å². The van der Waals surface area contributed by atoms with Gasteiger partial charge in [0.05, 0.1) is 18.6 Å². The summed E-state index contributed by atoms with van der Waals surface area (Å²) in [7, 11) is 1.59. The van der Waals surface area contributed by atoms with Crippen molar-refractivity contribution in [1.82, 2.24) is 9.36 Å². The van der Waals surface area contributed by atoms with Gasteiger partial charge in [-0.3, -0.25) is 4.79 Å². The maximum absolute atomic E-state index is 13.5. The van der Waals surface area contributed by atoms with Crippen LogP contribution in [0.1, 0.15) is 0 Å². The van der Waals surface area contributed by atoms with Gasteiger partial charge in [0.15, 0.2) is 10.2 Å². The van der Waals surface area contributed by atoms with Crippen LogP contribution in [0.15, 0.2) is 46.8 Å². The molecule has 0 unspecified atom stereocenters. The van der Waals surface area contributed by atoms with Gasteiger partial charge in [0.25, 0.3) is 0 Å². The number of nitrogens with one attached hydrogen (secondary N) is 1. The summed E-state index contributed by atoms with van der Waals surface area (Å²) in [5, 5.41) is 2.40. The van der Waals surface area contributed by atoms with E-state index in [1.165, 1.54) is 29.4 Å². The Bertz CT molecular complexity index is 917. The average Bonchev–Trinajstić information content (AvgIpc) is 3.11. The number of anilines is 1. The fourth-order valence-electron chi connectivity index (χ4n) is 2.03. The van der Waals surface area contributed by atoms with Crippen LogP contribution in [0, 0.1) is 11.6 Å². The Labute approximate surface area is 156 Å². The average molecular weight is 393 g/mol. The summed E-state index contributed by atoms with van der Waals surface area (Å²) in [6.07, 6.45) is 0. The zero-order chi connectivity index (χ0) is 18.5. The van der Waals surface area contributed by atoms with Crippen LogP contribution < -0.4 is 10.1 Å². The first kappa shape index (κ1) is 18.3. The van der Waals surface area contributed by atoms with Crippen molar-refractivity contribution >= 4 is 34.9 Å². The molecule has 9 heteroatoms. The smallest absolute Gasteiger partial charge is 0.234 e. The van der Waals surface area contributed by atoms with E-state index in [0.29, 0.717) is 16.2 Å². The Morgan fingerprint density at radius 2 is 2.00 bits per heavy atom. The van der Waals surface area contributed by atoms with Gasteiger partial charge in [-0.15, -0.1) is 0 Å². The van der Waals surface area contributed by atoms with Crippen LogP contribution in [0.5, 0.6) is 5.75 Å². The lowest BCUT2D eigenvalue weighted by atomic mass is 10.2. The van der Waals surface area contributed by atoms with E-state index >= 15 is 0 Å². The van der Waals surface area contributed by atoms with E-state index in [9.17, 15) is 13.6 Å². The molecule has 0 saturated carbocycles. The van der Waals surface area contributed by atoms with Crippen LogP contribution in [0.25, 0.3) is 11.4 Å². The number of benzene rings is 2. The van der Waals surface area contributed by atoms with Crippen LogP contribution in [-0.4, -0.2) is 28.1 Å². The second kappa shape index (κ2) is 8.24. The van der Waals surface area contributed by atoms with Gasteiger partial charge in [-0.2, -0.15) is 4.37 Å². The topological polar surface area (TPSA) is 64.1 Å². The van der Waals surface area contributed by atoms with E-state index in [0.717, 1.165) is 17.4 Å². The van der Waals surface area contributed by atoms with Crippen molar-refractivity contribution in [2.24, 2.45) is 0 Å². The maximum atomic E-state index is 13.5. The maximum Gasteiger partial charge on any atom is 0.234 e. The van der Waals surface area contributed by atoms with Crippen molar-refractivity contribution in [1.29, 1.82) is 0 Å². The molecule has 2 aromatic carbocycles. The molecule has 134 valence electrons. The van der Waals surface area contributed by atoms with Gasteiger partial charge in [-0.25, -0.2) is 13.8 Å². The number of nitrogens with zero attached hydrogens (tertiary/aromatic N) is 2. The van der Waals surface area contributed by atoms with Crippen molar-refractivity contribution in [3.63, 3.8) is 0 Å². The highest BCUT2D eigenvalue weighted by molar-refractivity contribution is 8.01. The number of carbonyl (C=O) groups excluding carboxylic acids is 1. The van der Waals surface area contributed by atoms with Gasteiger partial charge >= 0.3 is 0 Å². The molecular formula is C17H13F2N3O2S2. The Morgan fingerprint density at radius 3 is 2.69 bits per heavy atom. The molecule has 0 spiro atoms. The summed E-state index contributed by atoms with van der Waals surface area (Å²) in [6, 6.07) is 10.3. The van der Waals surface area contributed by atoms with Crippen LogP contribution in [0.2, 0.25) is 0 Å². The molecule has 0 saturated heterocycles. The van der Waals surface area contributed by atoms with Gasteiger partial charge in [-0.1, -0.05) is 11.8 Å². The summed E-state index contributed by atoms with van der Waals surface area (Å²) < 4.78 is 36.4. The molecule has 0 aliphatic rings. The van der Waals surface area contributed by atoms with E-state index in [2.05, 4.69) is 14.7 Å². The van der Waals surface area contributed by atoms with Gasteiger partial charge in [0.1, 0.15) is 17.4 Å². The molecule has 0 atom stereocenters. The largest absolute Gasteiger partial charge is 0.497 e. The number of thioether (sulfide) groups is 1. The van der Waals surface area contributed by atoms with E-state index in [1.54, 1.807) is 7.11 Å². The molecule has 1 aromatic heterocycles. The molecule has 1 N–H and O–H groups in total. The first-order valence-corrected chi connectivity index (χ1v) is 9.17. The number of ether oxygens (including phenoxy) is 1. The molecule has 0 radical (unpaired) electrons. The highest BCUT2D eigenvalue weighted by atomic mass is 32.2. The molecule has 26 heavy (non-hydrogen) atoms. The van der Waals surface area contributed by atoms with E-state index in [4.69, 9.17) is 4.74 Å². The van der Waals surface area contributed by atoms with Gasteiger partial charge < -0.3 is 10.1 Å². The van der Waals surface area contributed by atoms with Crippen LogP contribution in [-0.2, 0) is 4.79 Å².